The third-order valence-electron chi connectivity index (χ3n) is 1.16. The van der Waals surface area contributed by atoms with Crippen molar-refractivity contribution in [2.75, 3.05) is 5.73 Å². The van der Waals surface area contributed by atoms with Crippen molar-refractivity contribution in [2.45, 2.75) is 13.0 Å². The molecule has 0 unspecified atom stereocenters. The minimum atomic E-state index is -3.16. The molecule has 0 aliphatic carbocycles. The molecule has 2 nitrogen and oxygen atoms in total. The summed E-state index contributed by atoms with van der Waals surface area (Å²) in [7, 11) is 0. The number of benzene rings is 1. The van der Waals surface area contributed by atoms with Crippen LogP contribution in [0.25, 0.3) is 0 Å². The van der Waals surface area contributed by atoms with E-state index in [4.69, 9.17) is 5.73 Å². The average molecular weight is 173 g/mol. The molecule has 0 saturated carbocycles. The van der Waals surface area contributed by atoms with E-state index in [-0.39, 0.29) is 5.75 Å². The lowest BCUT2D eigenvalue weighted by Gasteiger charge is -2.12. The van der Waals surface area contributed by atoms with E-state index in [1.807, 2.05) is 0 Å². The van der Waals surface area contributed by atoms with E-state index in [0.29, 0.717) is 12.6 Å². The molecule has 0 bridgehead atoms. The smallest absolute Gasteiger partial charge is 0.394 e. The number of anilines is 1. The summed E-state index contributed by atoms with van der Waals surface area (Å²) in [4.78, 5) is 0. The molecule has 0 spiro atoms. The van der Waals surface area contributed by atoms with Crippen molar-refractivity contribution in [3.63, 3.8) is 0 Å². The highest BCUT2D eigenvalue weighted by Crippen LogP contribution is 2.22. The molecule has 0 aliphatic heterocycles. The van der Waals surface area contributed by atoms with E-state index >= 15 is 0 Å². The van der Waals surface area contributed by atoms with E-state index in [1.165, 1.54) is 12.1 Å². The zero-order valence-corrected chi connectivity index (χ0v) is 6.55. The number of rotatable bonds is 2. The van der Waals surface area contributed by atoms with Crippen molar-refractivity contribution < 1.29 is 13.5 Å². The lowest BCUT2D eigenvalue weighted by atomic mass is 10.3. The highest BCUT2D eigenvalue weighted by molar-refractivity contribution is 5.43. The summed E-state index contributed by atoms with van der Waals surface area (Å²) in [5.41, 5.74) is 5.75. The van der Waals surface area contributed by atoms with E-state index < -0.39 is 6.11 Å². The quantitative estimate of drug-likeness (QED) is 0.696. The predicted molar refractivity (Wildman–Crippen MR) is 42.1 cm³/mol. The summed E-state index contributed by atoms with van der Waals surface area (Å²) in [6.07, 6.45) is -3.16. The molecule has 2 N–H and O–H groups in total. The highest BCUT2D eigenvalue weighted by Gasteiger charge is 2.22. The van der Waals surface area contributed by atoms with Crippen LogP contribution in [0.3, 0.4) is 0 Å². The number of nitrogen functional groups attached to an aromatic ring is 1. The largest absolute Gasteiger partial charge is 0.433 e. The van der Waals surface area contributed by atoms with Crippen LogP contribution in [0.2, 0.25) is 0 Å². The molecule has 0 aromatic heterocycles. The molecule has 0 heterocycles. The maximum absolute atomic E-state index is 12.3. The lowest BCUT2D eigenvalue weighted by Crippen LogP contribution is -2.19. The predicted octanol–water partition coefficient (Wildman–Crippen LogP) is 2.26. The van der Waals surface area contributed by atoms with Gasteiger partial charge in [0.15, 0.2) is 0 Å². The van der Waals surface area contributed by atoms with Crippen LogP contribution in [0, 0.1) is 0 Å². The van der Waals surface area contributed by atoms with Gasteiger partial charge in [0, 0.05) is 18.7 Å². The van der Waals surface area contributed by atoms with Gasteiger partial charge in [-0.1, -0.05) is 6.07 Å². The summed E-state index contributed by atoms with van der Waals surface area (Å²) in [6, 6.07) is 5.92. The summed E-state index contributed by atoms with van der Waals surface area (Å²) >= 11 is 0. The third-order valence-corrected chi connectivity index (χ3v) is 1.16. The second kappa shape index (κ2) is 2.97. The van der Waals surface area contributed by atoms with Crippen LogP contribution in [-0.2, 0) is 0 Å². The molecule has 66 valence electrons. The van der Waals surface area contributed by atoms with Gasteiger partial charge in [-0.15, -0.1) is 0 Å². The zero-order valence-electron chi connectivity index (χ0n) is 6.55. The Morgan fingerprint density at radius 1 is 1.42 bits per heavy atom. The van der Waals surface area contributed by atoms with Crippen LogP contribution < -0.4 is 10.5 Å². The van der Waals surface area contributed by atoms with Crippen molar-refractivity contribution in [3.8, 4) is 5.75 Å². The van der Waals surface area contributed by atoms with Gasteiger partial charge < -0.3 is 10.5 Å². The Morgan fingerprint density at radius 3 is 2.58 bits per heavy atom. The molecular weight excluding hydrogens is 164 g/mol. The van der Waals surface area contributed by atoms with Crippen LogP contribution in [0.15, 0.2) is 24.3 Å². The van der Waals surface area contributed by atoms with Gasteiger partial charge in [-0.05, 0) is 12.1 Å². The topological polar surface area (TPSA) is 35.2 Å². The minimum Gasteiger partial charge on any atom is -0.433 e. The Bertz CT molecular complexity index is 270. The summed E-state index contributed by atoms with van der Waals surface area (Å²) in [5, 5.41) is 0. The van der Waals surface area contributed by atoms with Crippen LogP contribution in [-0.4, -0.2) is 6.11 Å². The second-order valence-electron chi connectivity index (χ2n) is 2.48. The summed E-state index contributed by atoms with van der Waals surface area (Å²) in [6.45, 7) is 0.677. The van der Waals surface area contributed by atoms with Crippen LogP contribution in [0.1, 0.15) is 6.92 Å². The SMILES string of the molecule is CC(F)(F)Oc1cccc(N)c1. The Kier molecular flexibility index (Phi) is 2.17. The number of alkyl halides is 2. The number of hydrogen-bond acceptors (Lipinski definition) is 2. The van der Waals surface area contributed by atoms with Gasteiger partial charge in [-0.3, -0.25) is 0 Å². The van der Waals surface area contributed by atoms with Gasteiger partial charge in [-0.25, -0.2) is 0 Å². The Labute approximate surface area is 68.9 Å². The highest BCUT2D eigenvalue weighted by atomic mass is 19.3. The van der Waals surface area contributed by atoms with Crippen LogP contribution in [0.4, 0.5) is 14.5 Å². The fourth-order valence-corrected chi connectivity index (χ4v) is 0.785. The first-order valence-corrected chi connectivity index (χ1v) is 3.40. The molecular formula is C8H9F2NO. The normalized spacial score (nSPS) is 11.2. The van der Waals surface area contributed by atoms with Gasteiger partial charge in [0.1, 0.15) is 5.75 Å². The first kappa shape index (κ1) is 8.77. The standard InChI is InChI=1S/C8H9F2NO/c1-8(9,10)12-7-4-2-3-6(11)5-7/h2-5H,11H2,1H3. The fourth-order valence-electron chi connectivity index (χ4n) is 0.785. The monoisotopic (exact) mass is 173 g/mol. The Hall–Kier alpha value is -1.32. The van der Waals surface area contributed by atoms with Crippen LogP contribution in [0.5, 0.6) is 5.75 Å². The molecule has 0 aliphatic rings. The van der Waals surface area contributed by atoms with Gasteiger partial charge in [0.05, 0.1) is 0 Å². The number of halogens is 2. The van der Waals surface area contributed by atoms with Gasteiger partial charge in [-0.2, -0.15) is 8.78 Å². The molecule has 0 radical (unpaired) electrons. The van der Waals surface area contributed by atoms with E-state index in [9.17, 15) is 8.78 Å². The Morgan fingerprint density at radius 2 is 2.08 bits per heavy atom. The molecule has 0 saturated heterocycles. The molecule has 1 aromatic rings. The molecule has 4 heteroatoms. The molecule has 1 aromatic carbocycles. The van der Waals surface area contributed by atoms with E-state index in [0.717, 1.165) is 0 Å². The van der Waals surface area contributed by atoms with Gasteiger partial charge in [0.25, 0.3) is 0 Å². The van der Waals surface area contributed by atoms with Crippen molar-refractivity contribution in [3.05, 3.63) is 24.3 Å². The molecule has 0 fully saturated rings. The maximum Gasteiger partial charge on any atom is 0.394 e. The molecule has 1 rings (SSSR count). The fraction of sp³-hybridized carbons (Fsp3) is 0.250. The Balaban J connectivity index is 2.77. The lowest BCUT2D eigenvalue weighted by molar-refractivity contribution is -0.158. The number of hydrogen-bond donors (Lipinski definition) is 1. The molecule has 0 amide bonds. The first-order chi connectivity index (χ1) is 5.47. The summed E-state index contributed by atoms with van der Waals surface area (Å²) < 4.78 is 28.8. The van der Waals surface area contributed by atoms with E-state index in [2.05, 4.69) is 4.74 Å². The maximum atomic E-state index is 12.3. The first-order valence-electron chi connectivity index (χ1n) is 3.40. The number of nitrogens with two attached hydrogens (primary N) is 1. The van der Waals surface area contributed by atoms with Crippen molar-refractivity contribution in [2.24, 2.45) is 0 Å². The molecule has 12 heavy (non-hydrogen) atoms. The van der Waals surface area contributed by atoms with Crippen molar-refractivity contribution in [1.29, 1.82) is 0 Å². The minimum absolute atomic E-state index is 0.0718. The number of ether oxygens (including phenoxy) is 1. The van der Waals surface area contributed by atoms with Crippen molar-refractivity contribution in [1.82, 2.24) is 0 Å². The van der Waals surface area contributed by atoms with Crippen LogP contribution >= 0.6 is 0 Å². The van der Waals surface area contributed by atoms with Gasteiger partial charge in [0.2, 0.25) is 0 Å². The average Bonchev–Trinajstić information content (AvgIpc) is 1.82. The third kappa shape index (κ3) is 2.74. The second-order valence-corrected chi connectivity index (χ2v) is 2.48. The summed E-state index contributed by atoms with van der Waals surface area (Å²) in [5.74, 6) is 0.0718. The zero-order chi connectivity index (χ0) is 9.19. The van der Waals surface area contributed by atoms with Crippen molar-refractivity contribution >= 4 is 5.69 Å². The van der Waals surface area contributed by atoms with Gasteiger partial charge >= 0.3 is 6.11 Å². The molecule has 0 atom stereocenters. The van der Waals surface area contributed by atoms with E-state index in [1.54, 1.807) is 12.1 Å².